The molecule has 1 aliphatic heterocycles. The lowest BCUT2D eigenvalue weighted by Crippen LogP contribution is -2.37. The zero-order chi connectivity index (χ0) is 29.2. The largest absolute Gasteiger partial charge is 0.480 e. The average molecular weight is 617 g/mol. The summed E-state index contributed by atoms with van der Waals surface area (Å²) in [7, 11) is -11.3. The highest BCUT2D eigenvalue weighted by atomic mass is 32.3. The van der Waals surface area contributed by atoms with Crippen LogP contribution in [0.5, 0.6) is 0 Å². The second-order valence-electron chi connectivity index (χ2n) is 9.24. The van der Waals surface area contributed by atoms with Crippen LogP contribution in [0, 0.1) is 0 Å². The van der Waals surface area contributed by atoms with Gasteiger partial charge < -0.3 is 31.5 Å². The van der Waals surface area contributed by atoms with E-state index in [4.69, 9.17) is 29.5 Å². The Bertz CT molecular complexity index is 1390. The number of anilines is 1. The first kappa shape index (κ1) is 31.4. The van der Waals surface area contributed by atoms with Gasteiger partial charge in [-0.15, -0.1) is 10.3 Å². The number of hydrogen-bond donors (Lipinski definition) is 6. The lowest BCUT2D eigenvalue weighted by molar-refractivity contribution is -0.138. The smallest absolute Gasteiger partial charge is 0.320 e. The highest BCUT2D eigenvalue weighted by molar-refractivity contribution is 8.32. The minimum Gasteiger partial charge on any atom is -0.480 e. The van der Waals surface area contributed by atoms with Gasteiger partial charge in [0, 0.05) is 11.5 Å². The Morgan fingerprint density at radius 3 is 2.44 bits per heavy atom. The molecule has 17 nitrogen and oxygen atoms in total. The number of nitrogen functional groups attached to an aromatic ring is 1. The van der Waals surface area contributed by atoms with Crippen LogP contribution in [-0.4, -0.2) is 116 Å². The van der Waals surface area contributed by atoms with Crippen molar-refractivity contribution in [2.75, 3.05) is 35.0 Å². The van der Waals surface area contributed by atoms with Gasteiger partial charge >= 0.3 is 5.97 Å². The van der Waals surface area contributed by atoms with Gasteiger partial charge in [-0.25, -0.2) is 18.6 Å². The van der Waals surface area contributed by atoms with Gasteiger partial charge in [0.2, 0.25) is 0 Å². The molecule has 1 fully saturated rings. The normalized spacial score (nSPS) is 25.4. The molecule has 6 atom stereocenters. The van der Waals surface area contributed by atoms with E-state index >= 15 is 0 Å². The number of unbranched alkanes of at least 4 members (excludes halogenated alkanes) is 1. The van der Waals surface area contributed by atoms with Crippen LogP contribution in [0.1, 0.15) is 25.5 Å². The molecule has 3 heterocycles. The first-order valence-electron chi connectivity index (χ1n) is 11.6. The van der Waals surface area contributed by atoms with Crippen LogP contribution in [0.2, 0.25) is 0 Å². The molecule has 222 valence electrons. The van der Waals surface area contributed by atoms with Crippen molar-refractivity contribution in [1.82, 2.24) is 19.5 Å². The number of rotatable bonds is 14. The number of fused-ring (bicyclic) bond motifs is 1. The molecule has 20 heteroatoms. The highest BCUT2D eigenvalue weighted by Crippen LogP contribution is 2.51. The van der Waals surface area contributed by atoms with Gasteiger partial charge in [-0.2, -0.15) is 16.8 Å². The molecule has 0 spiro atoms. The van der Waals surface area contributed by atoms with Crippen molar-refractivity contribution in [2.45, 2.75) is 49.8 Å². The van der Waals surface area contributed by atoms with Gasteiger partial charge in [-0.05, 0) is 25.5 Å². The fraction of sp³-hybridized carbons (Fsp3) is 0.684. The molecule has 2 aromatic heterocycles. The topological polar surface area (TPSA) is 280 Å². The van der Waals surface area contributed by atoms with Crippen LogP contribution < -0.4 is 11.5 Å². The molecule has 1 aliphatic rings. The zero-order valence-corrected chi connectivity index (χ0v) is 23.3. The number of carboxylic acid groups (broad SMARTS) is 1. The molecule has 3 rings (SSSR count). The maximum atomic E-state index is 12.7. The van der Waals surface area contributed by atoms with Crippen LogP contribution in [-0.2, 0) is 33.4 Å². The van der Waals surface area contributed by atoms with Crippen molar-refractivity contribution in [1.29, 1.82) is 0 Å². The Hall–Kier alpha value is -2.17. The Morgan fingerprint density at radius 1 is 1.13 bits per heavy atom. The molecule has 0 radical (unpaired) electrons. The van der Waals surface area contributed by atoms with E-state index < -0.39 is 78.6 Å². The van der Waals surface area contributed by atoms with Crippen LogP contribution in [0.15, 0.2) is 12.7 Å². The first-order valence-corrected chi connectivity index (χ1v) is 17.1. The fourth-order valence-electron chi connectivity index (χ4n) is 3.99. The molecule has 39 heavy (non-hydrogen) atoms. The summed E-state index contributed by atoms with van der Waals surface area (Å²) in [4.78, 5) is 23.3. The number of nitrogens with zero attached hydrogens (tertiary/aromatic N) is 4. The standard InChI is InChI=1S/C19H32N6O11S3/c1-37(7-4-11(20)19(28)29,36-39(33,34)6-3-2-5-38(30,31)32)8-12-14(26)15(27)18(35-12)25-10-24-13-16(21)22-9-23-17(13)25/h9-12,14-15,18,26-27H,2-8,20H2,1H3,(H,28,29)(H2,21,22,23)(H,30,31,32)/t11-,12+,14+,15+,18+/m0/s1. The molecular formula is C19H32N6O11S3. The molecule has 0 aliphatic carbocycles. The number of aliphatic hydroxyl groups is 2. The minimum absolute atomic E-state index is 0.0883. The summed E-state index contributed by atoms with van der Waals surface area (Å²) < 4.78 is 68.8. The van der Waals surface area contributed by atoms with E-state index in [-0.39, 0.29) is 47.7 Å². The van der Waals surface area contributed by atoms with Gasteiger partial charge in [0.1, 0.15) is 30.1 Å². The number of aliphatic carboxylic acids is 1. The fourth-order valence-corrected chi connectivity index (χ4v) is 9.78. The van der Waals surface area contributed by atoms with E-state index in [2.05, 4.69) is 15.0 Å². The Balaban J connectivity index is 1.79. The minimum atomic E-state index is -4.26. The molecule has 0 aromatic carbocycles. The van der Waals surface area contributed by atoms with E-state index in [1.54, 1.807) is 0 Å². The van der Waals surface area contributed by atoms with Crippen LogP contribution >= 0.6 is 10.3 Å². The third-order valence-corrected chi connectivity index (χ3v) is 11.9. The molecule has 1 saturated heterocycles. The van der Waals surface area contributed by atoms with Crippen molar-refractivity contribution < 1.29 is 49.9 Å². The van der Waals surface area contributed by atoms with Crippen molar-refractivity contribution in [3.8, 4) is 0 Å². The Kier molecular flexibility index (Phi) is 9.76. The van der Waals surface area contributed by atoms with E-state index in [0.717, 1.165) is 0 Å². The lowest BCUT2D eigenvalue weighted by atomic mass is 10.1. The maximum absolute atomic E-state index is 12.7. The van der Waals surface area contributed by atoms with Gasteiger partial charge in [0.05, 0.1) is 23.9 Å². The van der Waals surface area contributed by atoms with Crippen LogP contribution in [0.25, 0.3) is 11.2 Å². The zero-order valence-electron chi connectivity index (χ0n) is 20.8. The summed E-state index contributed by atoms with van der Waals surface area (Å²) in [6.07, 6.45) is -1.78. The first-order chi connectivity index (χ1) is 18.0. The number of hydrogen-bond acceptors (Lipinski definition) is 14. The Morgan fingerprint density at radius 2 is 1.79 bits per heavy atom. The van der Waals surface area contributed by atoms with Gasteiger partial charge in [0.15, 0.2) is 17.7 Å². The van der Waals surface area contributed by atoms with E-state index in [1.807, 2.05) is 0 Å². The summed E-state index contributed by atoms with van der Waals surface area (Å²) in [5, 5.41) is 30.7. The number of nitrogens with two attached hydrogens (primary N) is 2. The quantitative estimate of drug-likeness (QED) is 0.101. The molecule has 1 unspecified atom stereocenters. The van der Waals surface area contributed by atoms with Crippen molar-refractivity contribution in [2.24, 2.45) is 5.73 Å². The van der Waals surface area contributed by atoms with Crippen molar-refractivity contribution >= 4 is 53.5 Å². The third-order valence-electron chi connectivity index (χ3n) is 6.01. The van der Waals surface area contributed by atoms with Crippen molar-refractivity contribution in [3.05, 3.63) is 12.7 Å². The highest BCUT2D eigenvalue weighted by Gasteiger charge is 2.47. The van der Waals surface area contributed by atoms with Crippen LogP contribution in [0.4, 0.5) is 5.82 Å². The molecule has 0 bridgehead atoms. The average Bonchev–Trinajstić information content (AvgIpc) is 3.37. The van der Waals surface area contributed by atoms with Crippen molar-refractivity contribution in [3.63, 3.8) is 0 Å². The number of aromatic nitrogens is 4. The molecular weight excluding hydrogens is 584 g/mol. The predicted molar refractivity (Wildman–Crippen MR) is 140 cm³/mol. The molecule has 2 aromatic rings. The number of imidazole rings is 1. The maximum Gasteiger partial charge on any atom is 0.320 e. The van der Waals surface area contributed by atoms with E-state index in [1.165, 1.54) is 23.5 Å². The molecule has 0 amide bonds. The van der Waals surface area contributed by atoms with E-state index in [9.17, 15) is 31.8 Å². The second kappa shape index (κ2) is 12.1. The summed E-state index contributed by atoms with van der Waals surface area (Å²) in [6.45, 7) is 0. The third kappa shape index (κ3) is 8.17. The molecule has 0 saturated carbocycles. The monoisotopic (exact) mass is 616 g/mol. The summed E-state index contributed by atoms with van der Waals surface area (Å²) in [5.41, 5.74) is 11.9. The summed E-state index contributed by atoms with van der Waals surface area (Å²) >= 11 is 0. The predicted octanol–water partition coefficient (Wildman–Crippen LogP) is -1.81. The second-order valence-corrected chi connectivity index (χ2v) is 16.0. The lowest BCUT2D eigenvalue weighted by Gasteiger charge is -2.37. The summed E-state index contributed by atoms with van der Waals surface area (Å²) in [6, 6.07) is -1.31. The van der Waals surface area contributed by atoms with Gasteiger partial charge in [-0.3, -0.25) is 13.9 Å². The number of ether oxygens (including phenoxy) is 1. The Labute approximate surface area is 225 Å². The summed E-state index contributed by atoms with van der Waals surface area (Å²) in [5.74, 6) is -2.73. The number of aliphatic hydroxyl groups excluding tert-OH is 2. The number of carbonyl (C=O) groups is 1. The SMILES string of the molecule is CS(CC[C@H](N)C(=O)O)(C[C@H]1O[C@@H](n2cnc3c(N)ncnc32)[C@H](O)[C@@H]1O)OS(=O)(=O)CCCCS(=O)(=O)O. The van der Waals surface area contributed by atoms with Crippen LogP contribution in [0.3, 0.4) is 0 Å². The number of carboxylic acids is 1. The van der Waals surface area contributed by atoms with E-state index in [0.29, 0.717) is 0 Å². The molecule has 8 N–H and O–H groups in total. The van der Waals surface area contributed by atoms with Gasteiger partial charge in [-0.1, -0.05) is 0 Å². The van der Waals surface area contributed by atoms with Gasteiger partial charge in [0.25, 0.3) is 20.2 Å².